The summed E-state index contributed by atoms with van der Waals surface area (Å²) in [5.41, 5.74) is 1.16. The number of benzene rings is 1. The van der Waals surface area contributed by atoms with Gasteiger partial charge in [0.05, 0.1) is 37.0 Å². The molecule has 8 heteroatoms. The average Bonchev–Trinajstić information content (AvgIpc) is 3.12. The zero-order chi connectivity index (χ0) is 22.1. The van der Waals surface area contributed by atoms with Gasteiger partial charge in [-0.25, -0.2) is 0 Å². The predicted octanol–water partition coefficient (Wildman–Crippen LogP) is 2.46. The van der Waals surface area contributed by atoms with Crippen LogP contribution in [0.15, 0.2) is 51.8 Å². The van der Waals surface area contributed by atoms with Crippen LogP contribution in [-0.4, -0.2) is 67.2 Å². The molecule has 32 heavy (non-hydrogen) atoms. The van der Waals surface area contributed by atoms with E-state index in [1.54, 1.807) is 36.4 Å². The summed E-state index contributed by atoms with van der Waals surface area (Å²) in [5, 5.41) is 0.424. The van der Waals surface area contributed by atoms with Crippen molar-refractivity contribution >= 4 is 16.9 Å². The SMILES string of the molecule is COc1ccc2c(=O)c3c(oc2c1)C(=O)N(CCCN1CCOCC1)[C@@H]3c1ccccn1. The van der Waals surface area contributed by atoms with Crippen LogP contribution in [0.4, 0.5) is 0 Å². The van der Waals surface area contributed by atoms with E-state index < -0.39 is 6.04 Å². The summed E-state index contributed by atoms with van der Waals surface area (Å²) in [4.78, 5) is 35.4. The van der Waals surface area contributed by atoms with Crippen molar-refractivity contribution in [3.05, 3.63) is 69.8 Å². The largest absolute Gasteiger partial charge is 0.497 e. The summed E-state index contributed by atoms with van der Waals surface area (Å²) in [6.45, 7) is 4.62. The van der Waals surface area contributed by atoms with Gasteiger partial charge < -0.3 is 18.8 Å². The zero-order valence-corrected chi connectivity index (χ0v) is 18.0. The average molecular weight is 435 g/mol. The number of aromatic nitrogens is 1. The van der Waals surface area contributed by atoms with Crippen molar-refractivity contribution in [3.8, 4) is 5.75 Å². The maximum atomic E-state index is 13.5. The van der Waals surface area contributed by atoms with Crippen LogP contribution in [0.5, 0.6) is 5.75 Å². The second-order valence-corrected chi connectivity index (χ2v) is 8.00. The zero-order valence-electron chi connectivity index (χ0n) is 18.0. The monoisotopic (exact) mass is 435 g/mol. The number of carbonyl (C=O) groups is 1. The number of pyridine rings is 1. The fourth-order valence-corrected chi connectivity index (χ4v) is 4.49. The summed E-state index contributed by atoms with van der Waals surface area (Å²) in [6, 6.07) is 10.0. The van der Waals surface area contributed by atoms with Gasteiger partial charge in [0, 0.05) is 38.4 Å². The number of hydrogen-bond acceptors (Lipinski definition) is 7. The molecule has 166 valence electrons. The Hall–Kier alpha value is -3.23. The Morgan fingerprint density at radius 2 is 1.97 bits per heavy atom. The number of methoxy groups -OCH3 is 1. The number of nitrogens with zero attached hydrogens (tertiary/aromatic N) is 3. The smallest absolute Gasteiger partial charge is 0.290 e. The van der Waals surface area contributed by atoms with E-state index in [-0.39, 0.29) is 17.1 Å². The lowest BCUT2D eigenvalue weighted by molar-refractivity contribution is 0.0353. The molecular weight excluding hydrogens is 410 g/mol. The second kappa shape index (κ2) is 8.72. The molecule has 0 unspecified atom stereocenters. The fourth-order valence-electron chi connectivity index (χ4n) is 4.49. The molecule has 1 aromatic carbocycles. The van der Waals surface area contributed by atoms with Crippen LogP contribution in [0.1, 0.15) is 34.3 Å². The van der Waals surface area contributed by atoms with E-state index in [1.165, 1.54) is 0 Å². The Kier molecular flexibility index (Phi) is 5.63. The minimum Gasteiger partial charge on any atom is -0.497 e. The van der Waals surface area contributed by atoms with Crippen molar-refractivity contribution in [2.24, 2.45) is 0 Å². The number of carbonyl (C=O) groups excluding carboxylic acids is 1. The van der Waals surface area contributed by atoms with E-state index in [0.717, 1.165) is 39.3 Å². The van der Waals surface area contributed by atoms with Crippen LogP contribution in [0.3, 0.4) is 0 Å². The Morgan fingerprint density at radius 3 is 2.72 bits per heavy atom. The molecule has 0 spiro atoms. The molecule has 0 radical (unpaired) electrons. The van der Waals surface area contributed by atoms with Crippen molar-refractivity contribution in [2.75, 3.05) is 46.5 Å². The molecule has 1 fully saturated rings. The van der Waals surface area contributed by atoms with Gasteiger partial charge in [0.25, 0.3) is 5.91 Å². The maximum absolute atomic E-state index is 13.5. The van der Waals surface area contributed by atoms with Gasteiger partial charge in [-0.2, -0.15) is 0 Å². The van der Waals surface area contributed by atoms with Crippen LogP contribution in [-0.2, 0) is 4.74 Å². The Balaban J connectivity index is 1.52. The van der Waals surface area contributed by atoms with Crippen LogP contribution in [0, 0.1) is 0 Å². The Bertz CT molecular complexity index is 1190. The van der Waals surface area contributed by atoms with Gasteiger partial charge in [-0.1, -0.05) is 6.07 Å². The topological polar surface area (TPSA) is 85.1 Å². The third kappa shape index (κ3) is 3.65. The van der Waals surface area contributed by atoms with Gasteiger partial charge in [0.1, 0.15) is 17.4 Å². The molecule has 1 saturated heterocycles. The number of ether oxygens (including phenoxy) is 2. The van der Waals surface area contributed by atoms with E-state index in [2.05, 4.69) is 9.88 Å². The molecule has 0 saturated carbocycles. The van der Waals surface area contributed by atoms with Crippen LogP contribution >= 0.6 is 0 Å². The molecule has 2 aliphatic rings. The molecule has 1 atom stereocenters. The summed E-state index contributed by atoms with van der Waals surface area (Å²) in [5.74, 6) is 0.381. The highest BCUT2D eigenvalue weighted by Crippen LogP contribution is 2.37. The first-order chi connectivity index (χ1) is 15.7. The number of morpholine rings is 1. The maximum Gasteiger partial charge on any atom is 0.290 e. The van der Waals surface area contributed by atoms with Crippen molar-refractivity contribution in [3.63, 3.8) is 0 Å². The van der Waals surface area contributed by atoms with Gasteiger partial charge in [-0.3, -0.25) is 19.5 Å². The highest BCUT2D eigenvalue weighted by molar-refractivity contribution is 5.99. The van der Waals surface area contributed by atoms with E-state index in [0.29, 0.717) is 34.5 Å². The molecule has 0 aliphatic carbocycles. The highest BCUT2D eigenvalue weighted by atomic mass is 16.5. The first-order valence-electron chi connectivity index (χ1n) is 10.8. The van der Waals surface area contributed by atoms with Gasteiger partial charge in [0.15, 0.2) is 5.43 Å². The molecule has 8 nitrogen and oxygen atoms in total. The molecular formula is C24H25N3O5. The number of amides is 1. The van der Waals surface area contributed by atoms with E-state index in [1.807, 2.05) is 18.2 Å². The van der Waals surface area contributed by atoms with Crippen LogP contribution in [0.25, 0.3) is 11.0 Å². The van der Waals surface area contributed by atoms with E-state index in [9.17, 15) is 9.59 Å². The first kappa shape index (κ1) is 20.7. The van der Waals surface area contributed by atoms with Gasteiger partial charge >= 0.3 is 0 Å². The third-order valence-corrected chi connectivity index (χ3v) is 6.12. The summed E-state index contributed by atoms with van der Waals surface area (Å²) in [7, 11) is 1.55. The molecule has 5 rings (SSSR count). The van der Waals surface area contributed by atoms with Crippen LogP contribution < -0.4 is 10.2 Å². The fraction of sp³-hybridized carbons (Fsp3) is 0.375. The molecule has 2 aromatic heterocycles. The minimum absolute atomic E-state index is 0.0952. The van der Waals surface area contributed by atoms with Crippen molar-refractivity contribution < 1.29 is 18.7 Å². The third-order valence-electron chi connectivity index (χ3n) is 6.12. The molecule has 4 heterocycles. The standard InChI is InChI=1S/C24H25N3O5/c1-30-16-6-7-17-19(15-16)32-23-20(22(17)28)21(18-5-2-3-8-25-18)27(24(23)29)10-4-9-26-11-13-31-14-12-26/h2-3,5-8,15,21H,4,9-14H2,1H3/t21-/m1/s1. The molecule has 0 N–H and O–H groups in total. The van der Waals surface area contributed by atoms with Gasteiger partial charge in [-0.15, -0.1) is 0 Å². The minimum atomic E-state index is -0.564. The molecule has 1 amide bonds. The number of fused-ring (bicyclic) bond motifs is 2. The van der Waals surface area contributed by atoms with E-state index >= 15 is 0 Å². The lowest BCUT2D eigenvalue weighted by atomic mass is 10.0. The highest BCUT2D eigenvalue weighted by Gasteiger charge is 2.43. The van der Waals surface area contributed by atoms with Crippen molar-refractivity contribution in [1.29, 1.82) is 0 Å². The lowest BCUT2D eigenvalue weighted by Gasteiger charge is -2.28. The Labute approximate surface area is 185 Å². The molecule has 3 aromatic rings. The predicted molar refractivity (Wildman–Crippen MR) is 118 cm³/mol. The van der Waals surface area contributed by atoms with Crippen LogP contribution in [0.2, 0.25) is 0 Å². The normalized spacial score (nSPS) is 18.8. The van der Waals surface area contributed by atoms with Gasteiger partial charge in [0.2, 0.25) is 5.76 Å². The van der Waals surface area contributed by atoms with Crippen molar-refractivity contribution in [2.45, 2.75) is 12.5 Å². The number of hydrogen-bond donors (Lipinski definition) is 0. The summed E-state index contributed by atoms with van der Waals surface area (Å²) >= 11 is 0. The Morgan fingerprint density at radius 1 is 1.12 bits per heavy atom. The van der Waals surface area contributed by atoms with E-state index in [4.69, 9.17) is 13.9 Å². The summed E-state index contributed by atoms with van der Waals surface area (Å²) < 4.78 is 16.7. The van der Waals surface area contributed by atoms with Gasteiger partial charge in [-0.05, 0) is 30.7 Å². The quantitative estimate of drug-likeness (QED) is 0.588. The first-order valence-corrected chi connectivity index (χ1v) is 10.8. The summed E-state index contributed by atoms with van der Waals surface area (Å²) in [6.07, 6.45) is 2.46. The number of rotatable bonds is 6. The lowest BCUT2D eigenvalue weighted by Crippen LogP contribution is -2.39. The molecule has 2 aliphatic heterocycles. The second-order valence-electron chi connectivity index (χ2n) is 8.00. The van der Waals surface area contributed by atoms with Crippen molar-refractivity contribution in [1.82, 2.24) is 14.8 Å². The molecule has 0 bridgehead atoms.